The molecule has 1 aliphatic heterocycles. The molecule has 2 rings (SSSR count). The highest BCUT2D eigenvalue weighted by molar-refractivity contribution is 14.1. The van der Waals surface area contributed by atoms with Crippen molar-refractivity contribution in [1.82, 2.24) is 4.90 Å². The Morgan fingerprint density at radius 1 is 1.37 bits per heavy atom. The van der Waals surface area contributed by atoms with Crippen LogP contribution in [0.4, 0.5) is 0 Å². The van der Waals surface area contributed by atoms with Gasteiger partial charge < -0.3 is 10.0 Å². The Labute approximate surface area is 125 Å². The number of carboxylic acid groups (broad SMARTS) is 1. The Morgan fingerprint density at radius 3 is 2.74 bits per heavy atom. The molecule has 1 heterocycles. The zero-order chi connectivity index (χ0) is 14.0. The maximum absolute atomic E-state index is 12.4. The molecule has 1 aromatic carbocycles. The quantitative estimate of drug-likeness (QED) is 0.811. The smallest absolute Gasteiger partial charge is 0.308 e. The summed E-state index contributed by atoms with van der Waals surface area (Å²) in [6.45, 7) is 2.93. The van der Waals surface area contributed by atoms with Crippen molar-refractivity contribution >= 4 is 34.5 Å². The number of piperidine rings is 1. The normalized spacial score (nSPS) is 23.2. The van der Waals surface area contributed by atoms with Gasteiger partial charge in [-0.25, -0.2) is 0 Å². The van der Waals surface area contributed by atoms with Crippen molar-refractivity contribution in [1.29, 1.82) is 0 Å². The average Bonchev–Trinajstić information content (AvgIpc) is 2.37. The number of aliphatic carboxylic acids is 1. The second kappa shape index (κ2) is 5.90. The number of nitrogens with zero attached hydrogens (tertiary/aromatic N) is 1. The van der Waals surface area contributed by atoms with E-state index in [1.807, 2.05) is 25.1 Å². The third kappa shape index (κ3) is 3.46. The van der Waals surface area contributed by atoms with Gasteiger partial charge >= 0.3 is 5.97 Å². The molecule has 5 heteroatoms. The van der Waals surface area contributed by atoms with E-state index in [1.165, 1.54) is 0 Å². The molecule has 1 aliphatic rings. The van der Waals surface area contributed by atoms with Gasteiger partial charge in [0.15, 0.2) is 0 Å². The fourth-order valence-corrected chi connectivity index (χ4v) is 3.04. The summed E-state index contributed by atoms with van der Waals surface area (Å²) in [6.07, 6.45) is 0.644. The van der Waals surface area contributed by atoms with E-state index in [0.717, 1.165) is 3.57 Å². The Balaban J connectivity index is 2.16. The molecular formula is C14H16INO3. The first-order valence-electron chi connectivity index (χ1n) is 6.25. The Hall–Kier alpha value is -1.11. The molecule has 0 aliphatic carbocycles. The Morgan fingerprint density at radius 2 is 2.11 bits per heavy atom. The highest BCUT2D eigenvalue weighted by Gasteiger charge is 2.32. The second-order valence-corrected chi connectivity index (χ2v) is 6.34. The van der Waals surface area contributed by atoms with Crippen LogP contribution >= 0.6 is 22.6 Å². The molecule has 1 N–H and O–H groups in total. The fourth-order valence-electron chi connectivity index (χ4n) is 2.50. The minimum absolute atomic E-state index is 0.0729. The van der Waals surface area contributed by atoms with Crippen LogP contribution in [-0.2, 0) is 4.79 Å². The van der Waals surface area contributed by atoms with E-state index in [4.69, 9.17) is 5.11 Å². The highest BCUT2D eigenvalue weighted by Crippen LogP contribution is 2.23. The van der Waals surface area contributed by atoms with Gasteiger partial charge in [0.25, 0.3) is 5.91 Å². The van der Waals surface area contributed by atoms with Crippen LogP contribution < -0.4 is 0 Å². The van der Waals surface area contributed by atoms with Crippen molar-refractivity contribution in [3.8, 4) is 0 Å². The molecule has 102 valence electrons. The molecule has 4 nitrogen and oxygen atoms in total. The van der Waals surface area contributed by atoms with Gasteiger partial charge in [0.05, 0.1) is 5.92 Å². The number of likely N-dealkylation sites (tertiary alicyclic amines) is 1. The first-order chi connectivity index (χ1) is 8.97. The number of carbonyl (C=O) groups excluding carboxylic acids is 1. The lowest BCUT2D eigenvalue weighted by atomic mass is 9.90. The average molecular weight is 373 g/mol. The lowest BCUT2D eigenvalue weighted by molar-refractivity contribution is -0.143. The van der Waals surface area contributed by atoms with Gasteiger partial charge in [-0.05, 0) is 53.1 Å². The van der Waals surface area contributed by atoms with Crippen LogP contribution in [0.2, 0.25) is 0 Å². The minimum Gasteiger partial charge on any atom is -0.481 e. The zero-order valence-corrected chi connectivity index (χ0v) is 12.8. The third-order valence-corrected chi connectivity index (χ3v) is 4.04. The van der Waals surface area contributed by atoms with Gasteiger partial charge in [-0.2, -0.15) is 0 Å². The van der Waals surface area contributed by atoms with Gasteiger partial charge in [-0.3, -0.25) is 9.59 Å². The van der Waals surface area contributed by atoms with Crippen molar-refractivity contribution in [2.75, 3.05) is 13.1 Å². The first-order valence-corrected chi connectivity index (χ1v) is 7.33. The highest BCUT2D eigenvalue weighted by atomic mass is 127. The van der Waals surface area contributed by atoms with Gasteiger partial charge in [-0.1, -0.05) is 13.0 Å². The molecular weight excluding hydrogens is 357 g/mol. The monoisotopic (exact) mass is 373 g/mol. The lowest BCUT2D eigenvalue weighted by Crippen LogP contribution is -2.45. The van der Waals surface area contributed by atoms with Crippen LogP contribution in [0.15, 0.2) is 24.3 Å². The molecule has 0 bridgehead atoms. The first kappa shape index (κ1) is 14.3. The van der Waals surface area contributed by atoms with Crippen molar-refractivity contribution in [3.63, 3.8) is 0 Å². The molecule has 1 saturated heterocycles. The molecule has 0 radical (unpaired) electrons. The lowest BCUT2D eigenvalue weighted by Gasteiger charge is -2.34. The van der Waals surface area contributed by atoms with E-state index in [9.17, 15) is 9.59 Å². The van der Waals surface area contributed by atoms with Crippen LogP contribution in [0, 0.1) is 15.4 Å². The summed E-state index contributed by atoms with van der Waals surface area (Å²) in [5, 5.41) is 9.13. The number of hydrogen-bond donors (Lipinski definition) is 1. The number of hydrogen-bond acceptors (Lipinski definition) is 2. The van der Waals surface area contributed by atoms with Crippen LogP contribution in [0.25, 0.3) is 0 Å². The van der Waals surface area contributed by atoms with Crippen molar-refractivity contribution in [3.05, 3.63) is 33.4 Å². The molecule has 19 heavy (non-hydrogen) atoms. The van der Waals surface area contributed by atoms with Crippen LogP contribution in [-0.4, -0.2) is 35.0 Å². The summed E-state index contributed by atoms with van der Waals surface area (Å²) in [5.74, 6) is -1.11. The van der Waals surface area contributed by atoms with Gasteiger partial charge in [0.1, 0.15) is 0 Å². The second-order valence-electron chi connectivity index (χ2n) is 5.10. The summed E-state index contributed by atoms with van der Waals surface area (Å²) in [5.41, 5.74) is 0.630. The third-order valence-electron chi connectivity index (χ3n) is 3.37. The van der Waals surface area contributed by atoms with Gasteiger partial charge in [0, 0.05) is 22.2 Å². The van der Waals surface area contributed by atoms with E-state index >= 15 is 0 Å². The number of carboxylic acids is 1. The molecule has 0 spiro atoms. The minimum atomic E-state index is -0.813. The fraction of sp³-hybridized carbons (Fsp3) is 0.429. The number of rotatable bonds is 2. The van der Waals surface area contributed by atoms with Crippen LogP contribution in [0.1, 0.15) is 23.7 Å². The maximum Gasteiger partial charge on any atom is 0.308 e. The number of benzene rings is 1. The zero-order valence-electron chi connectivity index (χ0n) is 10.7. The summed E-state index contributed by atoms with van der Waals surface area (Å²) < 4.78 is 1.00. The summed E-state index contributed by atoms with van der Waals surface area (Å²) >= 11 is 2.16. The Bertz CT molecular complexity index is 503. The van der Waals surface area contributed by atoms with Gasteiger partial charge in [0.2, 0.25) is 0 Å². The molecule has 1 fully saturated rings. The Kier molecular flexibility index (Phi) is 4.44. The van der Waals surface area contributed by atoms with E-state index in [1.54, 1.807) is 11.0 Å². The molecule has 2 atom stereocenters. The molecule has 2 unspecified atom stereocenters. The predicted octanol–water partition coefficient (Wildman–Crippen LogP) is 2.47. The van der Waals surface area contributed by atoms with E-state index in [2.05, 4.69) is 22.6 Å². The number of carbonyl (C=O) groups is 2. The standard InChI is InChI=1S/C14H16INO3/c1-9-5-11(14(18)19)8-16(7-9)13(17)10-3-2-4-12(15)6-10/h2-4,6,9,11H,5,7-8H2,1H3,(H,18,19). The predicted molar refractivity (Wildman–Crippen MR) is 80.0 cm³/mol. The SMILES string of the molecule is CC1CC(C(=O)O)CN(C(=O)c2cccc(I)c2)C1. The number of halogens is 1. The number of amides is 1. The summed E-state index contributed by atoms with van der Waals surface area (Å²) in [6, 6.07) is 7.38. The van der Waals surface area contributed by atoms with Crippen LogP contribution in [0.3, 0.4) is 0 Å². The van der Waals surface area contributed by atoms with Crippen molar-refractivity contribution < 1.29 is 14.7 Å². The topological polar surface area (TPSA) is 57.6 Å². The molecule has 1 amide bonds. The van der Waals surface area contributed by atoms with Crippen molar-refractivity contribution in [2.45, 2.75) is 13.3 Å². The summed E-state index contributed by atoms with van der Waals surface area (Å²) in [7, 11) is 0. The molecule has 0 saturated carbocycles. The van der Waals surface area contributed by atoms with Crippen LogP contribution in [0.5, 0.6) is 0 Å². The maximum atomic E-state index is 12.4. The molecule has 1 aromatic rings. The van der Waals surface area contributed by atoms with Crippen molar-refractivity contribution in [2.24, 2.45) is 11.8 Å². The molecule has 0 aromatic heterocycles. The van der Waals surface area contributed by atoms with E-state index in [0.29, 0.717) is 25.1 Å². The van der Waals surface area contributed by atoms with E-state index < -0.39 is 11.9 Å². The largest absolute Gasteiger partial charge is 0.481 e. The van der Waals surface area contributed by atoms with Gasteiger partial charge in [-0.15, -0.1) is 0 Å². The summed E-state index contributed by atoms with van der Waals surface area (Å²) in [4.78, 5) is 25.2. The van der Waals surface area contributed by atoms with E-state index in [-0.39, 0.29) is 11.8 Å².